The Kier molecular flexibility index (Phi) is 10.0. The van der Waals surface area contributed by atoms with Crippen LogP contribution >= 0.6 is 11.6 Å². The van der Waals surface area contributed by atoms with Crippen molar-refractivity contribution in [1.29, 1.82) is 0 Å². The second-order valence-electron chi connectivity index (χ2n) is 10.2. The van der Waals surface area contributed by atoms with E-state index >= 15 is 0 Å². The van der Waals surface area contributed by atoms with Crippen LogP contribution in [0.2, 0.25) is 5.02 Å². The molecule has 12 nitrogen and oxygen atoms in total. The number of nitrogens with zero attached hydrogens (tertiary/aromatic N) is 3. The summed E-state index contributed by atoms with van der Waals surface area (Å²) >= 11 is 6.42. The second-order valence-corrected chi connectivity index (χ2v) is 10.6. The summed E-state index contributed by atoms with van der Waals surface area (Å²) in [4.78, 5) is 55.1. The van der Waals surface area contributed by atoms with Gasteiger partial charge in [-0.15, -0.1) is 0 Å². The lowest BCUT2D eigenvalue weighted by atomic mass is 9.95. The van der Waals surface area contributed by atoms with Crippen molar-refractivity contribution in [3.8, 4) is 17.0 Å². The van der Waals surface area contributed by atoms with Gasteiger partial charge in [-0.05, 0) is 50.1 Å². The lowest BCUT2D eigenvalue weighted by molar-refractivity contribution is -0.127. The smallest absolute Gasteiger partial charge is 0.404 e. The van der Waals surface area contributed by atoms with E-state index in [0.717, 1.165) is 0 Å². The predicted octanol–water partition coefficient (Wildman–Crippen LogP) is 3.73. The maximum absolute atomic E-state index is 14.6. The van der Waals surface area contributed by atoms with Gasteiger partial charge in [0, 0.05) is 37.3 Å². The van der Waals surface area contributed by atoms with E-state index in [9.17, 15) is 28.0 Å². The van der Waals surface area contributed by atoms with Gasteiger partial charge in [0.2, 0.25) is 11.7 Å². The second kappa shape index (κ2) is 13.7. The molecule has 44 heavy (non-hydrogen) atoms. The molecule has 4 rings (SSSR count). The van der Waals surface area contributed by atoms with Crippen molar-refractivity contribution in [3.63, 3.8) is 0 Å². The summed E-state index contributed by atoms with van der Waals surface area (Å²) in [6.07, 6.45) is 1.20. The number of anilines is 1. The molecule has 0 spiro atoms. The number of aromatic nitrogens is 2. The van der Waals surface area contributed by atoms with E-state index in [2.05, 4.69) is 15.6 Å². The van der Waals surface area contributed by atoms with Crippen molar-refractivity contribution >= 4 is 41.1 Å². The number of hydrogen-bond donors (Lipinski definition) is 3. The van der Waals surface area contributed by atoms with Crippen LogP contribution in [0.5, 0.6) is 5.75 Å². The number of imidazole rings is 1. The van der Waals surface area contributed by atoms with Gasteiger partial charge in [0.25, 0.3) is 11.8 Å². The van der Waals surface area contributed by atoms with Crippen LogP contribution in [0.1, 0.15) is 40.7 Å². The number of benzene rings is 2. The van der Waals surface area contributed by atoms with Gasteiger partial charge >= 0.3 is 6.09 Å². The number of rotatable bonds is 9. The fourth-order valence-corrected chi connectivity index (χ4v) is 5.10. The van der Waals surface area contributed by atoms with Crippen LogP contribution in [0, 0.1) is 17.6 Å². The Hall–Kier alpha value is -4.72. The molecular weight excluding hydrogens is 602 g/mol. The Bertz CT molecular complexity index is 1590. The zero-order valence-electron chi connectivity index (χ0n) is 24.2. The van der Waals surface area contributed by atoms with Gasteiger partial charge < -0.3 is 35.3 Å². The first-order valence-electron chi connectivity index (χ1n) is 13.6. The third kappa shape index (κ3) is 7.08. The number of piperidine rings is 1. The normalized spacial score (nSPS) is 14.1. The molecule has 0 radical (unpaired) electrons. The average molecular weight is 633 g/mol. The highest BCUT2D eigenvalue weighted by Gasteiger charge is 2.29. The quantitative estimate of drug-likeness (QED) is 0.324. The number of hydrogen-bond acceptors (Lipinski definition) is 7. The van der Waals surface area contributed by atoms with Crippen LogP contribution in [-0.4, -0.2) is 71.1 Å². The molecule has 1 aliphatic rings. The number of methoxy groups -OCH3 is 1. The summed E-state index contributed by atoms with van der Waals surface area (Å²) in [7, 11) is 2.71. The summed E-state index contributed by atoms with van der Waals surface area (Å²) < 4.78 is 39.7. The number of carbonyl (C=O) groups is 4. The van der Waals surface area contributed by atoms with E-state index in [0.29, 0.717) is 25.9 Å². The summed E-state index contributed by atoms with van der Waals surface area (Å²) in [6.45, 7) is 2.31. The minimum absolute atomic E-state index is 0.0407. The minimum Gasteiger partial charge on any atom is -0.494 e. The van der Waals surface area contributed by atoms with Crippen molar-refractivity contribution in [1.82, 2.24) is 19.8 Å². The molecule has 1 atom stereocenters. The van der Waals surface area contributed by atoms with Crippen LogP contribution < -0.4 is 21.1 Å². The molecule has 0 saturated carbocycles. The SMILES string of the molecule is COc1ccc(-c2cnc(C(=O)Nc3ccc(C(=O)N4CCC(C(=O)NC(C)COC(N)=O)CC4)c(Cl)c3)n2C)c(F)c1F. The maximum atomic E-state index is 14.6. The highest BCUT2D eigenvalue weighted by Crippen LogP contribution is 2.30. The Balaban J connectivity index is 1.36. The lowest BCUT2D eigenvalue weighted by Gasteiger charge is -2.32. The van der Waals surface area contributed by atoms with Crippen LogP contribution in [0.3, 0.4) is 0 Å². The molecule has 15 heteroatoms. The fraction of sp³-hybridized carbons (Fsp3) is 0.345. The minimum atomic E-state index is -1.16. The van der Waals surface area contributed by atoms with E-state index in [1.165, 1.54) is 55.3 Å². The zero-order valence-corrected chi connectivity index (χ0v) is 24.9. The number of nitrogens with one attached hydrogen (secondary N) is 2. The predicted molar refractivity (Wildman–Crippen MR) is 156 cm³/mol. The molecule has 4 amide bonds. The molecule has 2 aromatic carbocycles. The summed E-state index contributed by atoms with van der Waals surface area (Å²) in [5.74, 6) is -4.09. The molecular formula is C29H31ClF2N6O6. The Morgan fingerprint density at radius 3 is 2.48 bits per heavy atom. The van der Waals surface area contributed by atoms with Gasteiger partial charge in [-0.25, -0.2) is 14.2 Å². The first-order valence-corrected chi connectivity index (χ1v) is 14.0. The molecule has 1 saturated heterocycles. The van der Waals surface area contributed by atoms with Crippen LogP contribution in [0.4, 0.5) is 19.3 Å². The van der Waals surface area contributed by atoms with E-state index in [1.54, 1.807) is 11.8 Å². The van der Waals surface area contributed by atoms with Gasteiger partial charge in [-0.1, -0.05) is 11.6 Å². The van der Waals surface area contributed by atoms with Crippen molar-refractivity contribution in [2.45, 2.75) is 25.8 Å². The molecule has 0 bridgehead atoms. The van der Waals surface area contributed by atoms with Gasteiger partial charge in [0.1, 0.15) is 6.61 Å². The molecule has 2 heterocycles. The maximum Gasteiger partial charge on any atom is 0.404 e. The van der Waals surface area contributed by atoms with E-state index in [-0.39, 0.29) is 63.4 Å². The van der Waals surface area contributed by atoms with Gasteiger partial charge in [0.05, 0.1) is 35.6 Å². The van der Waals surface area contributed by atoms with Gasteiger partial charge in [-0.2, -0.15) is 4.39 Å². The highest BCUT2D eigenvalue weighted by atomic mass is 35.5. The topological polar surface area (TPSA) is 158 Å². The molecule has 0 aliphatic carbocycles. The molecule has 1 aliphatic heterocycles. The van der Waals surface area contributed by atoms with Crippen LogP contribution in [0.15, 0.2) is 36.5 Å². The third-order valence-corrected chi connectivity index (χ3v) is 7.52. The Morgan fingerprint density at radius 2 is 1.84 bits per heavy atom. The van der Waals surface area contributed by atoms with Crippen LogP contribution in [-0.2, 0) is 16.6 Å². The number of primary amides is 1. The first-order chi connectivity index (χ1) is 20.9. The summed E-state index contributed by atoms with van der Waals surface area (Å²) in [5.41, 5.74) is 5.52. The van der Waals surface area contributed by atoms with Crippen LogP contribution in [0.25, 0.3) is 11.3 Å². The number of nitrogens with two attached hydrogens (primary N) is 1. The highest BCUT2D eigenvalue weighted by molar-refractivity contribution is 6.34. The van der Waals surface area contributed by atoms with Gasteiger partial charge in [-0.3, -0.25) is 14.4 Å². The largest absolute Gasteiger partial charge is 0.494 e. The molecule has 4 N–H and O–H groups in total. The molecule has 3 aromatic rings. The third-order valence-electron chi connectivity index (χ3n) is 7.21. The van der Waals surface area contributed by atoms with Crippen molar-refractivity contribution in [2.24, 2.45) is 18.7 Å². The molecule has 1 unspecified atom stereocenters. The Labute approximate surface area is 256 Å². The number of likely N-dealkylation sites (tertiary alicyclic amines) is 1. The van der Waals surface area contributed by atoms with Crippen molar-refractivity contribution in [2.75, 3.05) is 32.1 Å². The average Bonchev–Trinajstić information content (AvgIpc) is 3.38. The molecule has 234 valence electrons. The van der Waals surface area contributed by atoms with Crippen molar-refractivity contribution in [3.05, 3.63) is 64.6 Å². The number of amides is 4. The van der Waals surface area contributed by atoms with Gasteiger partial charge in [0.15, 0.2) is 17.4 Å². The fourth-order valence-electron chi connectivity index (χ4n) is 4.84. The number of ether oxygens (including phenoxy) is 2. The Morgan fingerprint density at radius 1 is 1.14 bits per heavy atom. The number of carbonyl (C=O) groups excluding carboxylic acids is 4. The summed E-state index contributed by atoms with van der Waals surface area (Å²) in [6, 6.07) is 6.61. The summed E-state index contributed by atoms with van der Waals surface area (Å²) in [5, 5.41) is 5.52. The lowest BCUT2D eigenvalue weighted by Crippen LogP contribution is -2.46. The van der Waals surface area contributed by atoms with Crippen molar-refractivity contribution < 1.29 is 37.4 Å². The molecule has 1 fully saturated rings. The van der Waals surface area contributed by atoms with E-state index in [4.69, 9.17) is 26.8 Å². The zero-order chi connectivity index (χ0) is 32.1. The molecule has 1 aromatic heterocycles. The monoisotopic (exact) mass is 632 g/mol. The standard InChI is InChI=1S/C29H31ClF2N6O6/c1-15(14-44-29(33)42)35-26(39)16-8-10-38(11-9-16)28(41)18-5-4-17(12-20(18)30)36-27(40)25-34-13-21(37(25)2)19-6-7-22(43-3)24(32)23(19)31/h4-7,12-13,15-16H,8-11,14H2,1-3H3,(H2,33,42)(H,35,39)(H,36,40). The van der Waals surface area contributed by atoms with E-state index < -0.39 is 29.7 Å². The van der Waals surface area contributed by atoms with E-state index in [1.807, 2.05) is 0 Å². The first kappa shape index (κ1) is 32.2. The number of halogens is 3.